The van der Waals surface area contributed by atoms with E-state index in [0.29, 0.717) is 31.0 Å². The number of hydrogen-bond acceptors (Lipinski definition) is 5. The molecule has 2 aromatic heterocycles. The third-order valence-electron chi connectivity index (χ3n) is 2.95. The van der Waals surface area contributed by atoms with E-state index in [2.05, 4.69) is 26.2 Å². The Bertz CT molecular complexity index is 719. The van der Waals surface area contributed by atoms with Crippen molar-refractivity contribution in [3.63, 3.8) is 0 Å². The van der Waals surface area contributed by atoms with Crippen LogP contribution in [0.2, 0.25) is 0 Å². The third kappa shape index (κ3) is 2.67. The minimum atomic E-state index is 0.501. The normalized spacial score (nSPS) is 10.8. The van der Waals surface area contributed by atoms with E-state index in [1.54, 1.807) is 0 Å². The molecule has 3 aromatic rings. The molecule has 0 spiro atoms. The summed E-state index contributed by atoms with van der Waals surface area (Å²) in [6.07, 6.45) is 2.39. The minimum absolute atomic E-state index is 0.501. The molecule has 20 heavy (non-hydrogen) atoms. The molecular weight excluding hydrogens is 254 g/mol. The molecule has 100 valence electrons. The van der Waals surface area contributed by atoms with E-state index in [4.69, 9.17) is 9.78 Å². The Balaban J connectivity index is 1.69. The lowest BCUT2D eigenvalue weighted by Gasteiger charge is -1.88. The molecule has 0 bridgehead atoms. The van der Waals surface area contributed by atoms with Gasteiger partial charge in [0.25, 0.3) is 0 Å². The van der Waals surface area contributed by atoms with E-state index in [1.807, 2.05) is 24.3 Å². The maximum atomic E-state index is 8.48. The maximum absolute atomic E-state index is 8.48. The number of H-pyrrole nitrogens is 1. The highest BCUT2D eigenvalue weighted by atomic mass is 16.5. The quantitative estimate of drug-likeness (QED) is 0.716. The van der Waals surface area contributed by atoms with Crippen molar-refractivity contribution >= 4 is 11.0 Å². The second-order valence-electron chi connectivity index (χ2n) is 4.49. The molecule has 0 saturated carbocycles. The van der Waals surface area contributed by atoms with Gasteiger partial charge in [0.2, 0.25) is 5.89 Å². The highest BCUT2D eigenvalue weighted by Gasteiger charge is 2.09. The predicted octanol–water partition coefficient (Wildman–Crippen LogP) is 2.38. The summed E-state index contributed by atoms with van der Waals surface area (Å²) in [5, 5.41) is 12.4. The van der Waals surface area contributed by atoms with Crippen LogP contribution in [0.1, 0.15) is 30.4 Å². The van der Waals surface area contributed by atoms with Crippen LogP contribution in [0.4, 0.5) is 0 Å². The number of benzene rings is 1. The molecule has 0 saturated heterocycles. The lowest BCUT2D eigenvalue weighted by molar-refractivity contribution is 0.371. The lowest BCUT2D eigenvalue weighted by Crippen LogP contribution is -1.93. The largest absolute Gasteiger partial charge is 0.342 e. The molecular formula is C14H13N5O. The van der Waals surface area contributed by atoms with Gasteiger partial charge < -0.3 is 9.51 Å². The van der Waals surface area contributed by atoms with Gasteiger partial charge in [-0.15, -0.1) is 0 Å². The summed E-state index contributed by atoms with van der Waals surface area (Å²) < 4.78 is 5.15. The Morgan fingerprint density at radius 3 is 3.00 bits per heavy atom. The molecule has 0 radical (unpaired) electrons. The molecule has 1 N–H and O–H groups in total. The van der Waals surface area contributed by atoms with Crippen molar-refractivity contribution in [1.29, 1.82) is 5.26 Å². The Labute approximate surface area is 115 Å². The molecule has 0 unspecified atom stereocenters. The Hall–Kier alpha value is -2.68. The number of fused-ring (bicyclic) bond motifs is 1. The molecule has 0 aliphatic rings. The van der Waals surface area contributed by atoms with Crippen LogP contribution in [0.15, 0.2) is 28.8 Å². The topological polar surface area (TPSA) is 91.4 Å². The number of aryl methyl sites for hydroxylation is 1. The summed E-state index contributed by atoms with van der Waals surface area (Å²) in [5.41, 5.74) is 1.93. The molecule has 0 fully saturated rings. The zero-order valence-electron chi connectivity index (χ0n) is 10.8. The van der Waals surface area contributed by atoms with Crippen LogP contribution in [-0.2, 0) is 12.8 Å². The number of nitrogens with zero attached hydrogens (tertiary/aromatic N) is 4. The third-order valence-corrected chi connectivity index (χ3v) is 2.95. The summed E-state index contributed by atoms with van der Waals surface area (Å²) in [6, 6.07) is 9.95. The smallest absolute Gasteiger partial charge is 0.226 e. The monoisotopic (exact) mass is 267 g/mol. The number of aromatic nitrogens is 4. The zero-order valence-corrected chi connectivity index (χ0v) is 10.8. The van der Waals surface area contributed by atoms with Gasteiger partial charge in [0.05, 0.1) is 23.5 Å². The van der Waals surface area contributed by atoms with Crippen LogP contribution < -0.4 is 0 Å². The number of imidazole rings is 1. The van der Waals surface area contributed by atoms with Gasteiger partial charge in [0, 0.05) is 12.8 Å². The highest BCUT2D eigenvalue weighted by Crippen LogP contribution is 2.12. The second kappa shape index (κ2) is 5.53. The first-order valence-electron chi connectivity index (χ1n) is 6.47. The van der Waals surface area contributed by atoms with Crippen molar-refractivity contribution in [2.24, 2.45) is 0 Å². The molecule has 0 amide bonds. The summed E-state index contributed by atoms with van der Waals surface area (Å²) in [5.74, 6) is 2.00. The number of aromatic amines is 1. The first-order chi connectivity index (χ1) is 9.85. The van der Waals surface area contributed by atoms with Crippen molar-refractivity contribution < 1.29 is 4.52 Å². The van der Waals surface area contributed by atoms with Crippen molar-refractivity contribution in [2.75, 3.05) is 0 Å². The number of nitriles is 1. The summed E-state index contributed by atoms with van der Waals surface area (Å²) in [6.45, 7) is 0. The molecule has 6 heteroatoms. The van der Waals surface area contributed by atoms with Gasteiger partial charge >= 0.3 is 0 Å². The molecule has 6 nitrogen and oxygen atoms in total. The van der Waals surface area contributed by atoms with Gasteiger partial charge in [-0.25, -0.2) is 4.98 Å². The summed E-state index contributed by atoms with van der Waals surface area (Å²) in [7, 11) is 0. The maximum Gasteiger partial charge on any atom is 0.226 e. The molecule has 1 aromatic carbocycles. The lowest BCUT2D eigenvalue weighted by atomic mass is 10.2. The Morgan fingerprint density at radius 2 is 2.15 bits per heavy atom. The van der Waals surface area contributed by atoms with Gasteiger partial charge in [0.15, 0.2) is 5.82 Å². The average molecular weight is 267 g/mol. The van der Waals surface area contributed by atoms with E-state index >= 15 is 0 Å². The molecule has 0 atom stereocenters. The Kier molecular flexibility index (Phi) is 3.42. The standard InChI is InChI=1S/C14H13N5O/c15-8-4-3-7-14-18-13(19-20-14)9-12-16-10-5-1-2-6-11(10)17-12/h1-2,5-6H,3-4,7,9H2,(H,16,17). The van der Waals surface area contributed by atoms with Crippen LogP contribution in [0.5, 0.6) is 0 Å². The first kappa shape index (κ1) is 12.4. The molecule has 0 aliphatic heterocycles. The second-order valence-corrected chi connectivity index (χ2v) is 4.49. The van der Waals surface area contributed by atoms with Gasteiger partial charge in [-0.05, 0) is 18.6 Å². The molecule has 3 rings (SSSR count). The number of para-hydroxylation sites is 2. The van der Waals surface area contributed by atoms with Crippen LogP contribution >= 0.6 is 0 Å². The highest BCUT2D eigenvalue weighted by molar-refractivity contribution is 5.74. The van der Waals surface area contributed by atoms with E-state index in [1.165, 1.54) is 0 Å². The van der Waals surface area contributed by atoms with Crippen molar-refractivity contribution in [2.45, 2.75) is 25.7 Å². The molecule has 0 aliphatic carbocycles. The van der Waals surface area contributed by atoms with Crippen molar-refractivity contribution in [1.82, 2.24) is 20.1 Å². The van der Waals surface area contributed by atoms with Crippen molar-refractivity contribution in [3.05, 3.63) is 41.8 Å². The number of nitrogens with one attached hydrogen (secondary N) is 1. The van der Waals surface area contributed by atoms with E-state index in [0.717, 1.165) is 23.3 Å². The SMILES string of the molecule is N#CCCCc1nc(Cc2nc3ccccc3[nH]2)no1. The van der Waals surface area contributed by atoms with Crippen LogP contribution in [0.3, 0.4) is 0 Å². The average Bonchev–Trinajstić information content (AvgIpc) is 3.05. The fraction of sp³-hybridized carbons (Fsp3) is 0.286. The van der Waals surface area contributed by atoms with Gasteiger partial charge in [0.1, 0.15) is 5.82 Å². The van der Waals surface area contributed by atoms with Crippen molar-refractivity contribution in [3.8, 4) is 6.07 Å². The first-order valence-corrected chi connectivity index (χ1v) is 6.47. The number of unbranched alkanes of at least 4 members (excludes halogenated alkanes) is 1. The predicted molar refractivity (Wildman–Crippen MR) is 71.7 cm³/mol. The fourth-order valence-electron chi connectivity index (χ4n) is 2.02. The van der Waals surface area contributed by atoms with Crippen LogP contribution in [0, 0.1) is 11.3 Å². The fourth-order valence-corrected chi connectivity index (χ4v) is 2.02. The van der Waals surface area contributed by atoms with Gasteiger partial charge in [-0.1, -0.05) is 17.3 Å². The zero-order chi connectivity index (χ0) is 13.8. The number of hydrogen-bond donors (Lipinski definition) is 1. The van der Waals surface area contributed by atoms with Crippen LogP contribution in [-0.4, -0.2) is 20.1 Å². The van der Waals surface area contributed by atoms with E-state index in [-0.39, 0.29) is 0 Å². The van der Waals surface area contributed by atoms with Gasteiger partial charge in [-0.2, -0.15) is 10.2 Å². The van der Waals surface area contributed by atoms with E-state index in [9.17, 15) is 0 Å². The number of rotatable bonds is 5. The Morgan fingerprint density at radius 1 is 1.25 bits per heavy atom. The summed E-state index contributed by atoms with van der Waals surface area (Å²) in [4.78, 5) is 12.0. The van der Waals surface area contributed by atoms with E-state index < -0.39 is 0 Å². The van der Waals surface area contributed by atoms with Gasteiger partial charge in [-0.3, -0.25) is 0 Å². The van der Waals surface area contributed by atoms with Crippen LogP contribution in [0.25, 0.3) is 11.0 Å². The molecule has 2 heterocycles. The minimum Gasteiger partial charge on any atom is -0.342 e. The summed E-state index contributed by atoms with van der Waals surface area (Å²) >= 11 is 0.